The molecule has 16 heavy (non-hydrogen) atoms. The molecule has 0 spiro atoms. The maximum absolute atomic E-state index is 11.3. The van der Waals surface area contributed by atoms with Gasteiger partial charge in [-0.05, 0) is 25.2 Å². The van der Waals surface area contributed by atoms with E-state index in [1.807, 2.05) is 13.8 Å². The zero-order valence-electron chi connectivity index (χ0n) is 11.2. The van der Waals surface area contributed by atoms with Crippen LogP contribution in [0.2, 0.25) is 0 Å². The van der Waals surface area contributed by atoms with Gasteiger partial charge in [-0.2, -0.15) is 0 Å². The lowest BCUT2D eigenvalue weighted by atomic mass is 9.86. The highest BCUT2D eigenvalue weighted by atomic mass is 16.6. The fraction of sp³-hybridized carbons (Fsp3) is 0.923. The Morgan fingerprint density at radius 1 is 1.31 bits per heavy atom. The summed E-state index contributed by atoms with van der Waals surface area (Å²) in [5, 5.41) is 9.64. The van der Waals surface area contributed by atoms with Crippen LogP contribution in [0, 0.1) is 11.8 Å². The first kappa shape index (κ1) is 15.4. The zero-order chi connectivity index (χ0) is 12.7. The summed E-state index contributed by atoms with van der Waals surface area (Å²) >= 11 is 0. The van der Waals surface area contributed by atoms with Crippen LogP contribution < -0.4 is 0 Å². The molecule has 0 aromatic carbocycles. The van der Waals surface area contributed by atoms with Crippen LogP contribution in [0.4, 0.5) is 0 Å². The van der Waals surface area contributed by atoms with Crippen LogP contribution in [0.25, 0.3) is 0 Å². The number of hydrogen-bond acceptors (Lipinski definition) is 3. The molecule has 0 amide bonds. The van der Waals surface area contributed by atoms with Gasteiger partial charge in [-0.25, -0.2) is 0 Å². The van der Waals surface area contributed by atoms with Crippen molar-refractivity contribution >= 4 is 5.97 Å². The van der Waals surface area contributed by atoms with Gasteiger partial charge in [-0.3, -0.25) is 4.79 Å². The van der Waals surface area contributed by atoms with Crippen molar-refractivity contribution in [2.75, 3.05) is 0 Å². The van der Waals surface area contributed by atoms with Crippen molar-refractivity contribution in [3.05, 3.63) is 0 Å². The second kappa shape index (κ2) is 7.66. The molecule has 3 heteroatoms. The fourth-order valence-electron chi connectivity index (χ4n) is 1.72. The Bertz CT molecular complexity index is 201. The lowest BCUT2D eigenvalue weighted by molar-refractivity contribution is -0.162. The van der Waals surface area contributed by atoms with Gasteiger partial charge in [0.25, 0.3) is 0 Å². The normalized spacial score (nSPS) is 29.3. The summed E-state index contributed by atoms with van der Waals surface area (Å²) in [6.07, 6.45) is 1.82. The van der Waals surface area contributed by atoms with Gasteiger partial charge in [0.2, 0.25) is 0 Å². The molecular weight excluding hydrogens is 204 g/mol. The molecule has 96 valence electrons. The van der Waals surface area contributed by atoms with Gasteiger partial charge >= 0.3 is 5.97 Å². The molecule has 0 radical (unpaired) electrons. The number of carbonyl (C=O) groups excluding carboxylic acids is 1. The van der Waals surface area contributed by atoms with E-state index < -0.39 is 6.10 Å². The van der Waals surface area contributed by atoms with Crippen LogP contribution >= 0.6 is 0 Å². The molecule has 0 aromatic heterocycles. The zero-order valence-corrected chi connectivity index (χ0v) is 11.2. The Morgan fingerprint density at radius 2 is 1.88 bits per heavy atom. The number of aliphatic hydroxyl groups excluding tert-OH is 1. The molecule has 1 aliphatic carbocycles. The first-order valence-electron chi connectivity index (χ1n) is 6.39. The highest BCUT2D eigenvalue weighted by Crippen LogP contribution is 2.26. The Kier molecular flexibility index (Phi) is 7.39. The first-order chi connectivity index (χ1) is 7.50. The topological polar surface area (TPSA) is 46.5 Å². The molecule has 1 N–H and O–H groups in total. The first-order valence-corrected chi connectivity index (χ1v) is 6.39. The molecule has 3 nitrogen and oxygen atoms in total. The van der Waals surface area contributed by atoms with E-state index in [4.69, 9.17) is 4.74 Å². The van der Waals surface area contributed by atoms with Crippen molar-refractivity contribution in [3.63, 3.8) is 0 Å². The highest BCUT2D eigenvalue weighted by molar-refractivity contribution is 5.71. The van der Waals surface area contributed by atoms with Gasteiger partial charge in [0.1, 0.15) is 6.10 Å². The summed E-state index contributed by atoms with van der Waals surface area (Å²) in [6, 6.07) is 0. The van der Waals surface area contributed by atoms with Crippen LogP contribution in [-0.2, 0) is 9.53 Å². The van der Waals surface area contributed by atoms with Gasteiger partial charge in [0.05, 0.1) is 12.0 Å². The smallest absolute Gasteiger partial charge is 0.308 e. The summed E-state index contributed by atoms with van der Waals surface area (Å²) in [5.74, 6) is 0.228. The molecule has 1 rings (SSSR count). The SMILES string of the molecule is CC.CC1CC[C@H](O)[C@@H](OC(=O)C(C)C)C1. The number of rotatable bonds is 2. The molecule has 0 aromatic rings. The molecule has 1 unspecified atom stereocenters. The Hall–Kier alpha value is -0.570. The number of carbonyl (C=O) groups is 1. The van der Waals surface area contributed by atoms with Crippen molar-refractivity contribution in [1.82, 2.24) is 0 Å². The van der Waals surface area contributed by atoms with E-state index in [0.29, 0.717) is 5.92 Å². The van der Waals surface area contributed by atoms with Crippen LogP contribution in [0.5, 0.6) is 0 Å². The maximum Gasteiger partial charge on any atom is 0.308 e. The van der Waals surface area contributed by atoms with Gasteiger partial charge in [-0.1, -0.05) is 34.6 Å². The van der Waals surface area contributed by atoms with Crippen molar-refractivity contribution < 1.29 is 14.6 Å². The second-order valence-corrected chi connectivity index (χ2v) is 4.62. The molecular formula is C13H26O3. The van der Waals surface area contributed by atoms with E-state index in [1.165, 1.54) is 0 Å². The number of aliphatic hydroxyl groups is 1. The lowest BCUT2D eigenvalue weighted by Crippen LogP contribution is -2.37. The van der Waals surface area contributed by atoms with E-state index in [-0.39, 0.29) is 18.0 Å². The maximum atomic E-state index is 11.3. The van der Waals surface area contributed by atoms with Crippen molar-refractivity contribution in [2.45, 2.75) is 66.1 Å². The van der Waals surface area contributed by atoms with E-state index >= 15 is 0 Å². The Morgan fingerprint density at radius 3 is 2.38 bits per heavy atom. The van der Waals surface area contributed by atoms with E-state index in [1.54, 1.807) is 13.8 Å². The molecule has 0 heterocycles. The molecule has 0 bridgehead atoms. The minimum Gasteiger partial charge on any atom is -0.459 e. The third-order valence-corrected chi connectivity index (χ3v) is 2.76. The van der Waals surface area contributed by atoms with Gasteiger partial charge in [-0.15, -0.1) is 0 Å². The van der Waals surface area contributed by atoms with Crippen molar-refractivity contribution in [3.8, 4) is 0 Å². The minimum absolute atomic E-state index is 0.112. The van der Waals surface area contributed by atoms with Crippen molar-refractivity contribution in [2.24, 2.45) is 11.8 Å². The average Bonchev–Trinajstić information content (AvgIpc) is 2.26. The average molecular weight is 230 g/mol. The second-order valence-electron chi connectivity index (χ2n) is 4.62. The number of esters is 1. The van der Waals surface area contributed by atoms with Crippen LogP contribution in [0.15, 0.2) is 0 Å². The Labute approximate surface area is 99.2 Å². The summed E-state index contributed by atoms with van der Waals surface area (Å²) in [4.78, 5) is 11.3. The monoisotopic (exact) mass is 230 g/mol. The summed E-state index contributed by atoms with van der Waals surface area (Å²) in [7, 11) is 0. The minimum atomic E-state index is -0.464. The van der Waals surface area contributed by atoms with E-state index in [2.05, 4.69) is 6.92 Å². The molecule has 1 saturated carbocycles. The quantitative estimate of drug-likeness (QED) is 0.742. The van der Waals surface area contributed by atoms with E-state index in [0.717, 1.165) is 19.3 Å². The number of hydrogen-bond donors (Lipinski definition) is 1. The summed E-state index contributed by atoms with van der Waals surface area (Å²) < 4.78 is 5.25. The molecule has 0 saturated heterocycles. The largest absolute Gasteiger partial charge is 0.459 e. The van der Waals surface area contributed by atoms with Gasteiger partial charge in [0.15, 0.2) is 0 Å². The van der Waals surface area contributed by atoms with Crippen LogP contribution in [-0.4, -0.2) is 23.3 Å². The van der Waals surface area contributed by atoms with Crippen molar-refractivity contribution in [1.29, 1.82) is 0 Å². The fourth-order valence-corrected chi connectivity index (χ4v) is 1.72. The van der Waals surface area contributed by atoms with Gasteiger partial charge in [0, 0.05) is 0 Å². The van der Waals surface area contributed by atoms with Crippen LogP contribution in [0.1, 0.15) is 53.9 Å². The highest BCUT2D eigenvalue weighted by Gasteiger charge is 2.30. The summed E-state index contributed by atoms with van der Waals surface area (Å²) in [5.41, 5.74) is 0. The predicted molar refractivity (Wildman–Crippen MR) is 65.1 cm³/mol. The third-order valence-electron chi connectivity index (χ3n) is 2.76. The third kappa shape index (κ3) is 4.97. The molecule has 0 aliphatic heterocycles. The van der Waals surface area contributed by atoms with Gasteiger partial charge < -0.3 is 9.84 Å². The Balaban J connectivity index is 0.00000106. The number of ether oxygens (including phenoxy) is 1. The predicted octanol–water partition coefficient (Wildman–Crippen LogP) is 2.76. The van der Waals surface area contributed by atoms with E-state index in [9.17, 15) is 9.90 Å². The standard InChI is InChI=1S/C11H20O3.C2H6/c1-7(2)11(13)14-10-6-8(3)4-5-9(10)12;1-2/h7-10,12H,4-6H2,1-3H3;1-2H3/t8?,9-,10-;/m0./s1. The summed E-state index contributed by atoms with van der Waals surface area (Å²) in [6.45, 7) is 9.74. The van der Waals surface area contributed by atoms with Crippen LogP contribution in [0.3, 0.4) is 0 Å². The molecule has 3 atom stereocenters. The molecule has 1 fully saturated rings. The molecule has 1 aliphatic rings. The lowest BCUT2D eigenvalue weighted by Gasteiger charge is -2.31.